The van der Waals surface area contributed by atoms with E-state index < -0.39 is 17.1 Å². The highest BCUT2D eigenvalue weighted by atomic mass is 19.1. The molecular weight excluding hydrogens is 397 g/mol. The van der Waals surface area contributed by atoms with Crippen LogP contribution in [0.15, 0.2) is 28.3 Å². The van der Waals surface area contributed by atoms with Crippen molar-refractivity contribution in [2.24, 2.45) is 14.1 Å². The smallest absolute Gasteiger partial charge is 0.332 e. The van der Waals surface area contributed by atoms with Crippen LogP contribution in [0.3, 0.4) is 0 Å². The van der Waals surface area contributed by atoms with Gasteiger partial charge in [0.1, 0.15) is 12.6 Å². The van der Waals surface area contributed by atoms with Gasteiger partial charge in [-0.2, -0.15) is 0 Å². The van der Waals surface area contributed by atoms with Crippen LogP contribution in [-0.2, 0) is 25.4 Å². The summed E-state index contributed by atoms with van der Waals surface area (Å²) in [6.07, 6.45) is 4.53. The van der Waals surface area contributed by atoms with Gasteiger partial charge >= 0.3 is 11.7 Å². The summed E-state index contributed by atoms with van der Waals surface area (Å²) in [5.41, 5.74) is -0.573. The number of ether oxygens (including phenoxy) is 1. The number of rotatable bonds is 4. The number of likely N-dealkylation sites (tertiary alicyclic amines) is 1. The van der Waals surface area contributed by atoms with Gasteiger partial charge in [-0.15, -0.1) is 0 Å². The maximum Gasteiger partial charge on any atom is 0.332 e. The number of carbonyl (C=O) groups is 1. The molecule has 1 amide bonds. The molecular formula is C18H20FN7O4. The molecule has 0 bridgehead atoms. The van der Waals surface area contributed by atoms with Crippen LogP contribution in [0.1, 0.15) is 12.8 Å². The van der Waals surface area contributed by atoms with Crippen LogP contribution in [0, 0.1) is 5.82 Å². The molecule has 4 heterocycles. The van der Waals surface area contributed by atoms with Crippen molar-refractivity contribution in [3.05, 3.63) is 45.4 Å². The van der Waals surface area contributed by atoms with Gasteiger partial charge in [-0.25, -0.2) is 24.1 Å². The van der Waals surface area contributed by atoms with Crippen molar-refractivity contribution in [2.75, 3.05) is 13.1 Å². The van der Waals surface area contributed by atoms with E-state index in [4.69, 9.17) is 4.74 Å². The molecule has 1 aliphatic heterocycles. The predicted octanol–water partition coefficient (Wildman–Crippen LogP) is -0.567. The second kappa shape index (κ2) is 7.69. The normalized spacial score (nSPS) is 16.8. The van der Waals surface area contributed by atoms with Gasteiger partial charge in [0.2, 0.25) is 5.91 Å². The van der Waals surface area contributed by atoms with E-state index in [0.717, 1.165) is 23.4 Å². The third kappa shape index (κ3) is 3.55. The van der Waals surface area contributed by atoms with Crippen LogP contribution >= 0.6 is 0 Å². The molecule has 1 fully saturated rings. The standard InChI is InChI=1S/C18H20FN7O4/c1-23-15-14(16(28)24(2)18(23)29)26(10-22-15)9-13(27)25-5-3-4-12(8-25)30-17-20-6-11(19)7-21-17/h6-7,10,12H,3-5,8-9H2,1-2H3. The molecule has 0 aromatic carbocycles. The van der Waals surface area contributed by atoms with Crippen molar-refractivity contribution in [3.8, 4) is 6.01 Å². The molecule has 30 heavy (non-hydrogen) atoms. The van der Waals surface area contributed by atoms with Gasteiger partial charge in [0.15, 0.2) is 17.0 Å². The largest absolute Gasteiger partial charge is 0.458 e. The minimum Gasteiger partial charge on any atom is -0.458 e. The lowest BCUT2D eigenvalue weighted by Crippen LogP contribution is -2.46. The van der Waals surface area contributed by atoms with Crippen LogP contribution in [0.25, 0.3) is 11.2 Å². The molecule has 12 heteroatoms. The number of aryl methyl sites for hydroxylation is 1. The first-order valence-electron chi connectivity index (χ1n) is 9.38. The Bertz CT molecular complexity index is 1210. The topological polar surface area (TPSA) is 117 Å². The van der Waals surface area contributed by atoms with Crippen LogP contribution in [0.2, 0.25) is 0 Å². The molecule has 1 atom stereocenters. The van der Waals surface area contributed by atoms with E-state index in [0.29, 0.717) is 19.5 Å². The van der Waals surface area contributed by atoms with E-state index in [1.807, 2.05) is 0 Å². The molecule has 0 aliphatic carbocycles. The Morgan fingerprint density at radius 1 is 1.20 bits per heavy atom. The molecule has 0 spiro atoms. The highest BCUT2D eigenvalue weighted by molar-refractivity contribution is 5.79. The number of hydrogen-bond donors (Lipinski definition) is 0. The van der Waals surface area contributed by atoms with Crippen molar-refractivity contribution >= 4 is 17.1 Å². The minimum atomic E-state index is -0.556. The van der Waals surface area contributed by atoms with Gasteiger partial charge in [-0.3, -0.25) is 18.7 Å². The monoisotopic (exact) mass is 417 g/mol. The van der Waals surface area contributed by atoms with Gasteiger partial charge in [0.05, 0.1) is 25.3 Å². The lowest BCUT2D eigenvalue weighted by atomic mass is 10.1. The first-order valence-corrected chi connectivity index (χ1v) is 9.38. The number of imidazole rings is 1. The number of nitrogens with zero attached hydrogens (tertiary/aromatic N) is 7. The fraction of sp³-hybridized carbons (Fsp3) is 0.444. The van der Waals surface area contributed by atoms with E-state index in [9.17, 15) is 18.8 Å². The second-order valence-electron chi connectivity index (χ2n) is 7.16. The zero-order valence-electron chi connectivity index (χ0n) is 16.5. The number of aromatic nitrogens is 6. The number of hydrogen-bond acceptors (Lipinski definition) is 7. The Balaban J connectivity index is 1.50. The molecule has 1 aliphatic rings. The second-order valence-corrected chi connectivity index (χ2v) is 7.16. The fourth-order valence-electron chi connectivity index (χ4n) is 3.53. The van der Waals surface area contributed by atoms with Crippen LogP contribution < -0.4 is 16.0 Å². The van der Waals surface area contributed by atoms with E-state index in [1.165, 1.54) is 29.6 Å². The summed E-state index contributed by atoms with van der Waals surface area (Å²) in [4.78, 5) is 50.8. The Labute approximate surface area is 169 Å². The van der Waals surface area contributed by atoms with Crippen molar-refractivity contribution < 1.29 is 13.9 Å². The number of carbonyl (C=O) groups excluding carboxylic acids is 1. The molecule has 1 unspecified atom stereocenters. The summed E-state index contributed by atoms with van der Waals surface area (Å²) >= 11 is 0. The third-order valence-electron chi connectivity index (χ3n) is 5.12. The Morgan fingerprint density at radius 3 is 2.67 bits per heavy atom. The van der Waals surface area contributed by atoms with Gasteiger partial charge < -0.3 is 14.2 Å². The number of halogens is 1. The summed E-state index contributed by atoms with van der Waals surface area (Å²) in [6, 6.07) is 0.0562. The molecule has 0 saturated carbocycles. The van der Waals surface area contributed by atoms with Gasteiger partial charge in [0.25, 0.3) is 5.56 Å². The fourth-order valence-corrected chi connectivity index (χ4v) is 3.53. The average molecular weight is 417 g/mol. The summed E-state index contributed by atoms with van der Waals surface area (Å²) in [7, 11) is 2.90. The molecule has 158 valence electrons. The number of amides is 1. The zero-order valence-corrected chi connectivity index (χ0v) is 16.5. The van der Waals surface area contributed by atoms with Gasteiger partial charge in [0, 0.05) is 20.6 Å². The zero-order chi connectivity index (χ0) is 21.4. The predicted molar refractivity (Wildman–Crippen MR) is 102 cm³/mol. The van der Waals surface area contributed by atoms with Crippen molar-refractivity contribution in [1.29, 1.82) is 0 Å². The molecule has 3 aromatic heterocycles. The third-order valence-corrected chi connectivity index (χ3v) is 5.12. The lowest BCUT2D eigenvalue weighted by molar-refractivity contribution is -0.134. The lowest BCUT2D eigenvalue weighted by Gasteiger charge is -2.32. The SMILES string of the molecule is Cn1c(=O)c2c(ncn2CC(=O)N2CCCC(Oc3ncc(F)cn3)C2)n(C)c1=O. The molecule has 11 nitrogen and oxygen atoms in total. The molecule has 0 radical (unpaired) electrons. The Morgan fingerprint density at radius 2 is 1.93 bits per heavy atom. The van der Waals surface area contributed by atoms with Crippen molar-refractivity contribution in [3.63, 3.8) is 0 Å². The maximum absolute atomic E-state index is 12.9. The van der Waals surface area contributed by atoms with Crippen LogP contribution in [0.5, 0.6) is 6.01 Å². The average Bonchev–Trinajstić information content (AvgIpc) is 3.16. The van der Waals surface area contributed by atoms with E-state index in [2.05, 4.69) is 15.0 Å². The maximum atomic E-state index is 12.9. The quantitative estimate of drug-likeness (QED) is 0.558. The van der Waals surface area contributed by atoms with Crippen molar-refractivity contribution in [2.45, 2.75) is 25.5 Å². The van der Waals surface area contributed by atoms with Crippen molar-refractivity contribution in [1.82, 2.24) is 33.6 Å². The summed E-state index contributed by atoms with van der Waals surface area (Å²) in [5.74, 6) is -0.766. The van der Waals surface area contributed by atoms with Crippen LogP contribution in [0.4, 0.5) is 4.39 Å². The van der Waals surface area contributed by atoms with E-state index >= 15 is 0 Å². The first kappa shape index (κ1) is 19.7. The first-order chi connectivity index (χ1) is 14.3. The number of piperidine rings is 1. The summed E-state index contributed by atoms with van der Waals surface area (Å²) in [5, 5.41) is 0. The molecule has 4 rings (SSSR count). The summed E-state index contributed by atoms with van der Waals surface area (Å²) < 4.78 is 22.3. The molecule has 1 saturated heterocycles. The Hall–Kier alpha value is -3.57. The van der Waals surface area contributed by atoms with Crippen LogP contribution in [-0.4, -0.2) is 58.7 Å². The minimum absolute atomic E-state index is 0.0562. The highest BCUT2D eigenvalue weighted by Crippen LogP contribution is 2.16. The highest BCUT2D eigenvalue weighted by Gasteiger charge is 2.26. The summed E-state index contributed by atoms with van der Waals surface area (Å²) in [6.45, 7) is 0.776. The number of fused-ring (bicyclic) bond motifs is 1. The Kier molecular flexibility index (Phi) is 5.06. The van der Waals surface area contributed by atoms with E-state index in [1.54, 1.807) is 4.90 Å². The van der Waals surface area contributed by atoms with E-state index in [-0.39, 0.29) is 35.7 Å². The molecule has 0 N–H and O–H groups in total. The van der Waals surface area contributed by atoms with Gasteiger partial charge in [-0.05, 0) is 12.8 Å². The van der Waals surface area contributed by atoms with Gasteiger partial charge in [-0.1, -0.05) is 0 Å². The molecule has 3 aromatic rings.